The molecule has 0 bridgehead atoms. The number of carbonyl (C=O) groups is 1. The van der Waals surface area contributed by atoms with Gasteiger partial charge >= 0.3 is 6.03 Å². The van der Waals surface area contributed by atoms with Crippen molar-refractivity contribution in [1.29, 1.82) is 0 Å². The maximum absolute atomic E-state index is 12.3. The Morgan fingerprint density at radius 3 is 2.38 bits per heavy atom. The van der Waals surface area contributed by atoms with Crippen molar-refractivity contribution in [3.05, 3.63) is 29.8 Å². The molecule has 0 atom stereocenters. The predicted octanol–water partition coefficient (Wildman–Crippen LogP) is 2.64. The highest BCUT2D eigenvalue weighted by molar-refractivity contribution is 7.89. The smallest absolute Gasteiger partial charge is 0.321 e. The quantitative estimate of drug-likeness (QED) is 0.933. The molecule has 21 heavy (non-hydrogen) atoms. The molecule has 0 unspecified atom stereocenters. The number of rotatable bonds is 3. The lowest BCUT2D eigenvalue weighted by Gasteiger charge is -2.21. The summed E-state index contributed by atoms with van der Waals surface area (Å²) in [5.74, 6) is -0.0660. The Morgan fingerprint density at radius 1 is 1.14 bits per heavy atom. The van der Waals surface area contributed by atoms with Gasteiger partial charge < -0.3 is 10.2 Å². The van der Waals surface area contributed by atoms with Gasteiger partial charge in [-0.05, 0) is 24.5 Å². The van der Waals surface area contributed by atoms with Crippen molar-refractivity contribution in [3.8, 4) is 0 Å². The van der Waals surface area contributed by atoms with Gasteiger partial charge in [0, 0.05) is 25.0 Å². The van der Waals surface area contributed by atoms with E-state index in [-0.39, 0.29) is 11.8 Å². The number of nitrogens with one attached hydrogen (secondary N) is 1. The summed E-state index contributed by atoms with van der Waals surface area (Å²) in [7, 11) is -3.13. The Kier molecular flexibility index (Phi) is 5.22. The van der Waals surface area contributed by atoms with Crippen LogP contribution in [0.5, 0.6) is 0 Å². The van der Waals surface area contributed by atoms with Crippen LogP contribution in [0.3, 0.4) is 0 Å². The summed E-state index contributed by atoms with van der Waals surface area (Å²) in [5.41, 5.74) is 1.21. The summed E-state index contributed by atoms with van der Waals surface area (Å²) in [5, 5.41) is 2.85. The number of nitrogens with zero attached hydrogens (tertiary/aromatic N) is 1. The van der Waals surface area contributed by atoms with E-state index in [0.29, 0.717) is 11.3 Å². The lowest BCUT2D eigenvalue weighted by molar-refractivity contribution is 0.213. The third kappa shape index (κ3) is 5.04. The van der Waals surface area contributed by atoms with Crippen LogP contribution in [0.4, 0.5) is 10.5 Å². The van der Waals surface area contributed by atoms with Crippen molar-refractivity contribution in [3.63, 3.8) is 0 Å². The summed E-state index contributed by atoms with van der Waals surface area (Å²) in [6.07, 6.45) is 5.57. The molecule has 2 amide bonds. The van der Waals surface area contributed by atoms with E-state index in [1.54, 1.807) is 24.3 Å². The summed E-state index contributed by atoms with van der Waals surface area (Å²) in [6.45, 7) is 1.53. The number of anilines is 1. The number of para-hydroxylation sites is 1. The monoisotopic (exact) mass is 310 g/mol. The molecule has 1 aromatic rings. The maximum atomic E-state index is 12.3. The summed E-state index contributed by atoms with van der Waals surface area (Å²) >= 11 is 0. The summed E-state index contributed by atoms with van der Waals surface area (Å²) in [6, 6.07) is 6.92. The van der Waals surface area contributed by atoms with Crippen LogP contribution in [-0.2, 0) is 15.6 Å². The lowest BCUT2D eigenvalue weighted by Crippen LogP contribution is -2.35. The van der Waals surface area contributed by atoms with Crippen molar-refractivity contribution >= 4 is 21.6 Å². The molecule has 6 heteroatoms. The molecule has 0 aliphatic carbocycles. The van der Waals surface area contributed by atoms with Gasteiger partial charge in [-0.15, -0.1) is 0 Å². The Hall–Kier alpha value is -1.56. The molecule has 1 aromatic carbocycles. The Balaban J connectivity index is 2.09. The van der Waals surface area contributed by atoms with Gasteiger partial charge in [-0.2, -0.15) is 0 Å². The molecule has 0 saturated carbocycles. The SMILES string of the molecule is CS(=O)(=O)Cc1ccccc1NC(=O)N1CCCCCC1. The van der Waals surface area contributed by atoms with E-state index in [9.17, 15) is 13.2 Å². The fourth-order valence-corrected chi connectivity index (χ4v) is 3.34. The van der Waals surface area contributed by atoms with Crippen molar-refractivity contribution in [2.24, 2.45) is 0 Å². The zero-order valence-corrected chi connectivity index (χ0v) is 13.2. The molecule has 5 nitrogen and oxygen atoms in total. The van der Waals surface area contributed by atoms with Crippen LogP contribution in [0.2, 0.25) is 0 Å². The van der Waals surface area contributed by atoms with Gasteiger partial charge in [0.1, 0.15) is 0 Å². The standard InChI is InChI=1S/C15H22N2O3S/c1-21(19,20)12-13-8-4-5-9-14(13)16-15(18)17-10-6-2-3-7-11-17/h4-5,8-9H,2-3,6-7,10-12H2,1H3,(H,16,18). The minimum atomic E-state index is -3.13. The van der Waals surface area contributed by atoms with Crippen LogP contribution >= 0.6 is 0 Å². The van der Waals surface area contributed by atoms with Gasteiger partial charge in [0.2, 0.25) is 0 Å². The number of likely N-dealkylation sites (tertiary alicyclic amines) is 1. The number of amides is 2. The van der Waals surface area contributed by atoms with E-state index in [2.05, 4.69) is 5.32 Å². The van der Waals surface area contributed by atoms with Crippen LogP contribution in [-0.4, -0.2) is 38.7 Å². The van der Waals surface area contributed by atoms with E-state index in [1.165, 1.54) is 6.26 Å². The molecular weight excluding hydrogens is 288 g/mol. The Bertz CT molecular complexity index is 591. The van der Waals surface area contributed by atoms with E-state index in [0.717, 1.165) is 38.8 Å². The third-order valence-corrected chi connectivity index (χ3v) is 4.41. The third-order valence-electron chi connectivity index (χ3n) is 3.57. The van der Waals surface area contributed by atoms with Crippen LogP contribution in [0.1, 0.15) is 31.2 Å². The zero-order chi connectivity index (χ0) is 15.3. The molecule has 1 aliphatic heterocycles. The molecule has 1 heterocycles. The number of hydrogen-bond acceptors (Lipinski definition) is 3. The number of carbonyl (C=O) groups excluding carboxylic acids is 1. The molecule has 0 radical (unpaired) electrons. The molecule has 0 aromatic heterocycles. The highest BCUT2D eigenvalue weighted by Crippen LogP contribution is 2.19. The molecule has 1 saturated heterocycles. The number of benzene rings is 1. The fraction of sp³-hybridized carbons (Fsp3) is 0.533. The minimum Gasteiger partial charge on any atom is -0.325 e. The number of urea groups is 1. The van der Waals surface area contributed by atoms with Crippen molar-refractivity contribution < 1.29 is 13.2 Å². The molecule has 1 N–H and O–H groups in total. The number of hydrogen-bond donors (Lipinski definition) is 1. The average molecular weight is 310 g/mol. The van der Waals surface area contributed by atoms with Gasteiger partial charge in [-0.3, -0.25) is 0 Å². The second kappa shape index (κ2) is 6.93. The van der Waals surface area contributed by atoms with E-state index >= 15 is 0 Å². The highest BCUT2D eigenvalue weighted by Gasteiger charge is 2.17. The molecule has 1 fully saturated rings. The van der Waals surface area contributed by atoms with Crippen LogP contribution in [0.15, 0.2) is 24.3 Å². The molecular formula is C15H22N2O3S. The molecule has 1 aliphatic rings. The van der Waals surface area contributed by atoms with Crippen LogP contribution < -0.4 is 5.32 Å². The fourth-order valence-electron chi connectivity index (χ4n) is 2.52. The lowest BCUT2D eigenvalue weighted by atomic mass is 10.2. The van der Waals surface area contributed by atoms with E-state index in [4.69, 9.17) is 0 Å². The molecule has 116 valence electrons. The van der Waals surface area contributed by atoms with Crippen molar-refractivity contribution in [2.75, 3.05) is 24.7 Å². The first-order valence-electron chi connectivity index (χ1n) is 7.27. The maximum Gasteiger partial charge on any atom is 0.321 e. The molecule has 0 spiro atoms. The first kappa shape index (κ1) is 15.8. The number of sulfone groups is 1. The van der Waals surface area contributed by atoms with Gasteiger partial charge in [0.25, 0.3) is 0 Å². The Morgan fingerprint density at radius 2 is 1.76 bits per heavy atom. The zero-order valence-electron chi connectivity index (χ0n) is 12.3. The predicted molar refractivity (Wildman–Crippen MR) is 84.0 cm³/mol. The van der Waals surface area contributed by atoms with Crippen LogP contribution in [0, 0.1) is 0 Å². The molecule has 2 rings (SSSR count). The summed E-state index contributed by atoms with van der Waals surface area (Å²) in [4.78, 5) is 14.1. The summed E-state index contributed by atoms with van der Waals surface area (Å²) < 4.78 is 22.9. The minimum absolute atomic E-state index is 0.0660. The average Bonchev–Trinajstić information content (AvgIpc) is 2.68. The Labute approximate surface area is 126 Å². The van der Waals surface area contributed by atoms with Crippen LogP contribution in [0.25, 0.3) is 0 Å². The largest absolute Gasteiger partial charge is 0.325 e. The van der Waals surface area contributed by atoms with Crippen molar-refractivity contribution in [1.82, 2.24) is 4.90 Å². The normalized spacial score (nSPS) is 16.3. The van der Waals surface area contributed by atoms with E-state index in [1.807, 2.05) is 4.90 Å². The second-order valence-electron chi connectivity index (χ2n) is 5.56. The second-order valence-corrected chi connectivity index (χ2v) is 7.70. The first-order valence-corrected chi connectivity index (χ1v) is 9.33. The van der Waals surface area contributed by atoms with Crippen molar-refractivity contribution in [2.45, 2.75) is 31.4 Å². The topological polar surface area (TPSA) is 66.5 Å². The van der Waals surface area contributed by atoms with Gasteiger partial charge in [0.15, 0.2) is 9.84 Å². The highest BCUT2D eigenvalue weighted by atomic mass is 32.2. The van der Waals surface area contributed by atoms with E-state index < -0.39 is 9.84 Å². The van der Waals surface area contributed by atoms with Gasteiger partial charge in [-0.25, -0.2) is 13.2 Å². The first-order chi connectivity index (χ1) is 9.96. The van der Waals surface area contributed by atoms with Gasteiger partial charge in [-0.1, -0.05) is 31.0 Å². The van der Waals surface area contributed by atoms with Gasteiger partial charge in [0.05, 0.1) is 5.75 Å².